The Morgan fingerprint density at radius 2 is 1.92 bits per heavy atom. The molecule has 1 unspecified atom stereocenters. The number of nitrogens with one attached hydrogen (secondary N) is 1. The van der Waals surface area contributed by atoms with Gasteiger partial charge in [0, 0.05) is 5.38 Å². The van der Waals surface area contributed by atoms with Crippen molar-refractivity contribution in [3.8, 4) is 9.88 Å². The third-order valence-corrected chi connectivity index (χ3v) is 6.21. The van der Waals surface area contributed by atoms with Crippen molar-refractivity contribution in [2.75, 3.05) is 0 Å². The van der Waals surface area contributed by atoms with Gasteiger partial charge in [-0.1, -0.05) is 42.5 Å². The smallest absolute Gasteiger partial charge is 0.226 e. The molecule has 1 amide bonds. The minimum absolute atomic E-state index is 0.00584. The Balaban J connectivity index is 1.42. The van der Waals surface area contributed by atoms with Crippen molar-refractivity contribution in [2.24, 2.45) is 0 Å². The Kier molecular flexibility index (Phi) is 4.82. The van der Waals surface area contributed by atoms with E-state index in [0.29, 0.717) is 6.42 Å². The van der Waals surface area contributed by atoms with Crippen LogP contribution in [0.15, 0.2) is 65.4 Å². The van der Waals surface area contributed by atoms with E-state index in [1.807, 2.05) is 35.9 Å². The SMILES string of the molecule is CC(NC(=O)Cc1csc(-c2cccs2)n1)c1ccc2ccccc2c1. The fraction of sp³-hybridized carbons (Fsp3) is 0.143. The first-order chi connectivity index (χ1) is 12.7. The minimum atomic E-state index is -0.0393. The Hall–Kier alpha value is -2.50. The number of fused-ring (bicyclic) bond motifs is 1. The Bertz CT molecular complexity index is 1040. The van der Waals surface area contributed by atoms with E-state index in [2.05, 4.69) is 46.7 Å². The molecule has 0 spiro atoms. The molecule has 130 valence electrons. The lowest BCUT2D eigenvalue weighted by molar-refractivity contribution is -0.121. The van der Waals surface area contributed by atoms with E-state index in [4.69, 9.17) is 0 Å². The van der Waals surface area contributed by atoms with Gasteiger partial charge >= 0.3 is 0 Å². The van der Waals surface area contributed by atoms with Gasteiger partial charge in [-0.15, -0.1) is 22.7 Å². The van der Waals surface area contributed by atoms with E-state index in [0.717, 1.165) is 21.1 Å². The van der Waals surface area contributed by atoms with E-state index < -0.39 is 0 Å². The van der Waals surface area contributed by atoms with Crippen LogP contribution in [0.1, 0.15) is 24.2 Å². The summed E-state index contributed by atoms with van der Waals surface area (Å²) in [7, 11) is 0. The van der Waals surface area contributed by atoms with Crippen molar-refractivity contribution in [1.29, 1.82) is 0 Å². The molecule has 0 aliphatic rings. The molecule has 1 N–H and O–H groups in total. The maximum Gasteiger partial charge on any atom is 0.226 e. The molecule has 0 aliphatic heterocycles. The molecule has 0 saturated heterocycles. The number of carbonyl (C=O) groups is 1. The van der Waals surface area contributed by atoms with Crippen LogP contribution in [0.3, 0.4) is 0 Å². The van der Waals surface area contributed by atoms with Gasteiger partial charge in [-0.2, -0.15) is 0 Å². The van der Waals surface area contributed by atoms with Gasteiger partial charge < -0.3 is 5.32 Å². The van der Waals surface area contributed by atoms with Gasteiger partial charge in [-0.05, 0) is 40.8 Å². The zero-order chi connectivity index (χ0) is 17.9. The summed E-state index contributed by atoms with van der Waals surface area (Å²) in [5, 5.41) is 10.5. The molecule has 2 aromatic heterocycles. The summed E-state index contributed by atoms with van der Waals surface area (Å²) < 4.78 is 0. The van der Waals surface area contributed by atoms with E-state index in [1.165, 1.54) is 10.8 Å². The molecule has 1 atom stereocenters. The quantitative estimate of drug-likeness (QED) is 0.502. The second-order valence-electron chi connectivity index (χ2n) is 6.19. The largest absolute Gasteiger partial charge is 0.349 e. The van der Waals surface area contributed by atoms with Crippen LogP contribution in [-0.2, 0) is 11.2 Å². The van der Waals surface area contributed by atoms with Crippen LogP contribution in [0.4, 0.5) is 0 Å². The van der Waals surface area contributed by atoms with Gasteiger partial charge in [0.25, 0.3) is 0 Å². The van der Waals surface area contributed by atoms with Crippen molar-refractivity contribution >= 4 is 39.4 Å². The van der Waals surface area contributed by atoms with Crippen LogP contribution in [0.5, 0.6) is 0 Å². The van der Waals surface area contributed by atoms with Crippen LogP contribution in [0.2, 0.25) is 0 Å². The van der Waals surface area contributed by atoms with Gasteiger partial charge in [-0.3, -0.25) is 4.79 Å². The first-order valence-electron chi connectivity index (χ1n) is 8.45. The van der Waals surface area contributed by atoms with E-state index in [1.54, 1.807) is 22.7 Å². The van der Waals surface area contributed by atoms with Crippen molar-refractivity contribution < 1.29 is 4.79 Å². The monoisotopic (exact) mass is 378 g/mol. The second-order valence-corrected chi connectivity index (χ2v) is 8.00. The summed E-state index contributed by atoms with van der Waals surface area (Å²) in [5.41, 5.74) is 1.93. The standard InChI is InChI=1S/C21H18N2OS2/c1-14(16-9-8-15-5-2-3-6-17(15)11-16)22-20(24)12-18-13-26-21(23-18)19-7-4-10-25-19/h2-11,13-14H,12H2,1H3,(H,22,24). The van der Waals surface area contributed by atoms with Crippen LogP contribution >= 0.6 is 22.7 Å². The molecule has 2 aromatic carbocycles. The summed E-state index contributed by atoms with van der Waals surface area (Å²) in [6.07, 6.45) is 0.305. The maximum absolute atomic E-state index is 12.4. The molecule has 0 bridgehead atoms. The van der Waals surface area contributed by atoms with Gasteiger partial charge in [0.2, 0.25) is 5.91 Å². The van der Waals surface area contributed by atoms with Crippen LogP contribution < -0.4 is 5.32 Å². The highest BCUT2D eigenvalue weighted by atomic mass is 32.1. The molecule has 0 aliphatic carbocycles. The average molecular weight is 379 g/mol. The summed E-state index contributed by atoms with van der Waals surface area (Å²) in [5.74, 6) is -0.00584. The van der Waals surface area contributed by atoms with Crippen molar-refractivity contribution in [3.05, 3.63) is 76.6 Å². The highest BCUT2D eigenvalue weighted by Gasteiger charge is 2.13. The first-order valence-corrected chi connectivity index (χ1v) is 10.2. The van der Waals surface area contributed by atoms with Gasteiger partial charge in [0.1, 0.15) is 5.01 Å². The molecule has 2 heterocycles. The lowest BCUT2D eigenvalue weighted by Gasteiger charge is -2.14. The molecule has 5 heteroatoms. The zero-order valence-electron chi connectivity index (χ0n) is 14.3. The predicted molar refractivity (Wildman–Crippen MR) is 110 cm³/mol. The number of nitrogens with zero attached hydrogens (tertiary/aromatic N) is 1. The van der Waals surface area contributed by atoms with Crippen molar-refractivity contribution in [3.63, 3.8) is 0 Å². The number of hydrogen-bond donors (Lipinski definition) is 1. The van der Waals surface area contributed by atoms with E-state index in [9.17, 15) is 4.79 Å². The summed E-state index contributed by atoms with van der Waals surface area (Å²) in [4.78, 5) is 18.1. The summed E-state index contributed by atoms with van der Waals surface area (Å²) in [6, 6.07) is 18.6. The number of thiazole rings is 1. The van der Waals surface area contributed by atoms with Gasteiger partial charge in [0.15, 0.2) is 0 Å². The summed E-state index contributed by atoms with van der Waals surface area (Å²) >= 11 is 3.25. The lowest BCUT2D eigenvalue weighted by atomic mass is 10.0. The van der Waals surface area contributed by atoms with Gasteiger partial charge in [0.05, 0.1) is 23.0 Å². The van der Waals surface area contributed by atoms with Crippen molar-refractivity contribution in [2.45, 2.75) is 19.4 Å². The molecule has 3 nitrogen and oxygen atoms in total. The van der Waals surface area contributed by atoms with Gasteiger partial charge in [-0.25, -0.2) is 4.98 Å². The topological polar surface area (TPSA) is 42.0 Å². The molecule has 26 heavy (non-hydrogen) atoms. The Labute approximate surface area is 160 Å². The normalized spacial score (nSPS) is 12.2. The minimum Gasteiger partial charge on any atom is -0.349 e. The van der Waals surface area contributed by atoms with Crippen LogP contribution in [0, 0.1) is 0 Å². The van der Waals surface area contributed by atoms with E-state index in [-0.39, 0.29) is 11.9 Å². The average Bonchev–Trinajstić information content (AvgIpc) is 3.32. The molecular weight excluding hydrogens is 360 g/mol. The number of hydrogen-bond acceptors (Lipinski definition) is 4. The molecule has 4 aromatic rings. The maximum atomic E-state index is 12.4. The van der Waals surface area contributed by atoms with Crippen LogP contribution in [0.25, 0.3) is 20.7 Å². The molecular formula is C21H18N2OS2. The summed E-state index contributed by atoms with van der Waals surface area (Å²) in [6.45, 7) is 2.01. The third kappa shape index (κ3) is 3.69. The first kappa shape index (κ1) is 16.9. The highest BCUT2D eigenvalue weighted by molar-refractivity contribution is 7.20. The number of thiophene rings is 1. The highest BCUT2D eigenvalue weighted by Crippen LogP contribution is 2.28. The number of aromatic nitrogens is 1. The number of rotatable bonds is 5. The predicted octanol–water partition coefficient (Wildman–Crippen LogP) is 5.44. The molecule has 0 fully saturated rings. The number of carbonyl (C=O) groups excluding carboxylic acids is 1. The lowest BCUT2D eigenvalue weighted by Crippen LogP contribution is -2.28. The number of amides is 1. The third-order valence-electron chi connectivity index (χ3n) is 4.28. The number of benzene rings is 2. The van der Waals surface area contributed by atoms with E-state index >= 15 is 0 Å². The van der Waals surface area contributed by atoms with Crippen LogP contribution in [-0.4, -0.2) is 10.9 Å². The molecule has 0 saturated carbocycles. The molecule has 0 radical (unpaired) electrons. The fourth-order valence-corrected chi connectivity index (χ4v) is 4.55. The Morgan fingerprint density at radius 1 is 1.08 bits per heavy atom. The van der Waals surface area contributed by atoms with Crippen molar-refractivity contribution in [1.82, 2.24) is 10.3 Å². The second kappa shape index (κ2) is 7.40. The fourth-order valence-electron chi connectivity index (χ4n) is 2.92. The zero-order valence-corrected chi connectivity index (χ0v) is 15.9. The Morgan fingerprint density at radius 3 is 2.73 bits per heavy atom. The molecule has 4 rings (SSSR count).